The molecule has 0 radical (unpaired) electrons. The second kappa shape index (κ2) is 11.5. The van der Waals surface area contributed by atoms with E-state index in [9.17, 15) is 10.1 Å². The highest BCUT2D eigenvalue weighted by Gasteiger charge is 2.39. The van der Waals surface area contributed by atoms with Crippen molar-refractivity contribution >= 4 is 11.6 Å². The Morgan fingerprint density at radius 2 is 1.76 bits per heavy atom. The lowest BCUT2D eigenvalue weighted by Crippen LogP contribution is -2.46. The second-order valence-electron chi connectivity index (χ2n) is 13.3. The van der Waals surface area contributed by atoms with E-state index in [4.69, 9.17) is 0 Å². The van der Waals surface area contributed by atoms with Gasteiger partial charge in [-0.25, -0.2) is 0 Å². The zero-order valence-electron chi connectivity index (χ0n) is 24.1. The normalized spacial score (nSPS) is 18.6. The lowest BCUT2D eigenvalue weighted by molar-refractivity contribution is -0.128. The molecule has 2 fully saturated rings. The molecule has 4 rings (SSSR count). The van der Waals surface area contributed by atoms with Gasteiger partial charge >= 0.3 is 0 Å². The third-order valence-corrected chi connectivity index (χ3v) is 8.80. The maximum atomic E-state index is 12.4. The van der Waals surface area contributed by atoms with E-state index in [0.717, 1.165) is 55.5 Å². The van der Waals surface area contributed by atoms with Gasteiger partial charge in [-0.2, -0.15) is 5.26 Å². The number of nitriles is 1. The molecule has 0 saturated heterocycles. The lowest BCUT2D eigenvalue weighted by atomic mass is 9.73. The Morgan fingerprint density at radius 1 is 1.11 bits per heavy atom. The molecule has 1 unspecified atom stereocenters. The van der Waals surface area contributed by atoms with Crippen molar-refractivity contribution in [2.45, 2.75) is 91.0 Å². The van der Waals surface area contributed by atoms with E-state index >= 15 is 0 Å². The Hall–Kier alpha value is -2.80. The smallest absolute Gasteiger partial charge is 0.251 e. The Bertz CT molecular complexity index is 1080. The van der Waals surface area contributed by atoms with Crippen LogP contribution in [-0.4, -0.2) is 29.4 Å². The number of amides is 1. The summed E-state index contributed by atoms with van der Waals surface area (Å²) in [6.07, 6.45) is 13.7. The van der Waals surface area contributed by atoms with Crippen molar-refractivity contribution < 1.29 is 4.79 Å². The fourth-order valence-corrected chi connectivity index (χ4v) is 6.13. The van der Waals surface area contributed by atoms with Crippen molar-refractivity contribution in [3.05, 3.63) is 66.4 Å². The number of carbonyl (C=O) groups excluding carboxylic acids is 1. The monoisotopic (exact) mass is 513 g/mol. The summed E-state index contributed by atoms with van der Waals surface area (Å²) in [5.41, 5.74) is 4.03. The minimum atomic E-state index is -0.370. The van der Waals surface area contributed by atoms with Crippen LogP contribution in [0.15, 0.2) is 60.8 Å². The van der Waals surface area contributed by atoms with Gasteiger partial charge in [-0.1, -0.05) is 57.6 Å². The largest absolute Gasteiger partial charge is 0.370 e. The average molecular weight is 514 g/mol. The van der Waals surface area contributed by atoms with E-state index in [1.165, 1.54) is 49.8 Å². The Morgan fingerprint density at radius 3 is 2.32 bits per heavy atom. The molecule has 2 saturated carbocycles. The van der Waals surface area contributed by atoms with Crippen LogP contribution in [0.5, 0.6) is 0 Å². The van der Waals surface area contributed by atoms with Crippen molar-refractivity contribution in [1.29, 1.82) is 5.26 Å². The summed E-state index contributed by atoms with van der Waals surface area (Å²) >= 11 is 0. The SMILES string of the molecule is C=C1C=CC(=O)N1C(C)(C)CC(C)(C)C(=C)CCC(C#N)CN(CC1CC1)c1ccc(CCC2CC2)cc1. The molecule has 0 spiro atoms. The van der Waals surface area contributed by atoms with Crippen LogP contribution in [0.2, 0.25) is 0 Å². The molecule has 0 N–H and O–H groups in total. The molecule has 3 aliphatic rings. The van der Waals surface area contributed by atoms with Crippen LogP contribution in [0.3, 0.4) is 0 Å². The van der Waals surface area contributed by atoms with Crippen molar-refractivity contribution in [1.82, 2.24) is 4.90 Å². The van der Waals surface area contributed by atoms with Crippen LogP contribution in [0, 0.1) is 34.5 Å². The minimum Gasteiger partial charge on any atom is -0.370 e. The Labute approximate surface area is 231 Å². The van der Waals surface area contributed by atoms with E-state index in [1.807, 2.05) is 0 Å². The van der Waals surface area contributed by atoms with E-state index in [-0.39, 0.29) is 22.8 Å². The Kier molecular flexibility index (Phi) is 8.55. The third kappa shape index (κ3) is 7.40. The number of allylic oxidation sites excluding steroid dienone is 2. The minimum absolute atomic E-state index is 0.00217. The predicted molar refractivity (Wildman–Crippen MR) is 158 cm³/mol. The van der Waals surface area contributed by atoms with Gasteiger partial charge in [0.15, 0.2) is 0 Å². The molecule has 1 heterocycles. The molecule has 1 atom stereocenters. The molecule has 204 valence electrons. The molecular weight excluding hydrogens is 466 g/mol. The van der Waals surface area contributed by atoms with Gasteiger partial charge in [0.25, 0.3) is 5.91 Å². The maximum Gasteiger partial charge on any atom is 0.251 e. The van der Waals surface area contributed by atoms with Crippen molar-refractivity contribution in [3.8, 4) is 6.07 Å². The lowest BCUT2D eigenvalue weighted by Gasteiger charge is -2.42. The number of nitrogens with zero attached hydrogens (tertiary/aromatic N) is 3. The summed E-state index contributed by atoms with van der Waals surface area (Å²) in [6.45, 7) is 18.9. The van der Waals surface area contributed by atoms with Crippen LogP contribution in [0.25, 0.3) is 0 Å². The summed E-state index contributed by atoms with van der Waals surface area (Å²) in [5, 5.41) is 10.1. The first-order valence-corrected chi connectivity index (χ1v) is 14.6. The van der Waals surface area contributed by atoms with Crippen molar-refractivity contribution in [3.63, 3.8) is 0 Å². The Balaban J connectivity index is 1.33. The predicted octanol–water partition coefficient (Wildman–Crippen LogP) is 7.83. The topological polar surface area (TPSA) is 47.3 Å². The van der Waals surface area contributed by atoms with Crippen LogP contribution in [0.1, 0.15) is 84.6 Å². The fraction of sp³-hybridized carbons (Fsp3) is 0.588. The molecule has 1 amide bonds. The average Bonchev–Trinajstić information content (AvgIpc) is 3.79. The third-order valence-electron chi connectivity index (χ3n) is 8.80. The fourth-order valence-electron chi connectivity index (χ4n) is 6.13. The van der Waals surface area contributed by atoms with Gasteiger partial charge in [0, 0.05) is 36.1 Å². The van der Waals surface area contributed by atoms with E-state index in [0.29, 0.717) is 0 Å². The second-order valence-corrected chi connectivity index (χ2v) is 13.3. The first-order valence-electron chi connectivity index (χ1n) is 14.6. The van der Waals surface area contributed by atoms with Gasteiger partial charge in [-0.05, 0) is 99.8 Å². The number of benzene rings is 1. The summed E-state index contributed by atoms with van der Waals surface area (Å²) in [4.78, 5) is 16.7. The first kappa shape index (κ1) is 28.2. The highest BCUT2D eigenvalue weighted by Crippen LogP contribution is 2.41. The summed E-state index contributed by atoms with van der Waals surface area (Å²) in [5.74, 6) is 1.67. The molecule has 1 aromatic carbocycles. The highest BCUT2D eigenvalue weighted by atomic mass is 16.2. The molecule has 1 aromatic rings. The zero-order chi connectivity index (χ0) is 27.5. The van der Waals surface area contributed by atoms with Crippen LogP contribution in [0.4, 0.5) is 5.69 Å². The van der Waals surface area contributed by atoms with Gasteiger partial charge in [0.1, 0.15) is 0 Å². The molecule has 38 heavy (non-hydrogen) atoms. The van der Waals surface area contributed by atoms with Crippen LogP contribution < -0.4 is 4.90 Å². The van der Waals surface area contributed by atoms with Gasteiger partial charge < -0.3 is 9.80 Å². The molecule has 1 aliphatic heterocycles. The standard InChI is InChI=1S/C34H47N3O/c1-25(33(3,4)24-34(5,6)37-26(2)8-20-32(37)38)7-9-30(21-35)23-36(22-29-14-15-29)31-18-16-28(17-19-31)13-12-27-10-11-27/h8,16-20,27,29-30H,1-2,7,9-15,22-24H2,3-6H3. The summed E-state index contributed by atoms with van der Waals surface area (Å²) in [6, 6.07) is 11.7. The number of rotatable bonds is 15. The first-order chi connectivity index (χ1) is 18.0. The molecule has 0 bridgehead atoms. The number of hydrogen-bond acceptors (Lipinski definition) is 3. The maximum absolute atomic E-state index is 12.4. The van der Waals surface area contributed by atoms with Gasteiger partial charge in [0.05, 0.1) is 12.0 Å². The highest BCUT2D eigenvalue weighted by molar-refractivity contribution is 5.93. The van der Waals surface area contributed by atoms with Gasteiger partial charge in [-0.3, -0.25) is 4.79 Å². The molecular formula is C34H47N3O. The van der Waals surface area contributed by atoms with E-state index in [1.54, 1.807) is 17.1 Å². The zero-order valence-corrected chi connectivity index (χ0v) is 24.1. The molecule has 2 aliphatic carbocycles. The van der Waals surface area contributed by atoms with Crippen LogP contribution >= 0.6 is 0 Å². The molecule has 0 aromatic heterocycles. The molecule has 4 nitrogen and oxygen atoms in total. The number of carbonyl (C=O) groups is 1. The van der Waals surface area contributed by atoms with E-state index in [2.05, 4.69) is 76.1 Å². The molecule has 4 heteroatoms. The van der Waals surface area contributed by atoms with Gasteiger partial charge in [0.2, 0.25) is 0 Å². The summed E-state index contributed by atoms with van der Waals surface area (Å²) in [7, 11) is 0. The number of hydrogen-bond donors (Lipinski definition) is 0. The quantitative estimate of drug-likeness (QED) is 0.225. The van der Waals surface area contributed by atoms with E-state index < -0.39 is 0 Å². The van der Waals surface area contributed by atoms with Gasteiger partial charge in [-0.15, -0.1) is 0 Å². The summed E-state index contributed by atoms with van der Waals surface area (Å²) < 4.78 is 0. The number of anilines is 1. The number of aryl methyl sites for hydroxylation is 1. The van der Waals surface area contributed by atoms with Crippen molar-refractivity contribution in [2.75, 3.05) is 18.0 Å². The van der Waals surface area contributed by atoms with Crippen LogP contribution in [-0.2, 0) is 11.2 Å². The van der Waals surface area contributed by atoms with Crippen molar-refractivity contribution in [2.24, 2.45) is 23.2 Å².